The fourth-order valence-corrected chi connectivity index (χ4v) is 5.71. The zero-order valence-corrected chi connectivity index (χ0v) is 20.4. The van der Waals surface area contributed by atoms with Gasteiger partial charge in [-0.05, 0) is 68.0 Å². The van der Waals surface area contributed by atoms with Gasteiger partial charge in [-0.15, -0.1) is 11.3 Å². The summed E-state index contributed by atoms with van der Waals surface area (Å²) in [6.07, 6.45) is -0.238. The van der Waals surface area contributed by atoms with E-state index < -0.39 is 5.97 Å². The van der Waals surface area contributed by atoms with Crippen LogP contribution in [0.1, 0.15) is 45.6 Å². The highest BCUT2D eigenvalue weighted by molar-refractivity contribution is 7.22. The fraction of sp³-hybridized carbons (Fsp3) is 0.172. The van der Waals surface area contributed by atoms with Crippen molar-refractivity contribution in [2.75, 3.05) is 0 Å². The maximum absolute atomic E-state index is 12.5. The third kappa shape index (κ3) is 3.72. The minimum atomic E-state index is -0.982. The van der Waals surface area contributed by atoms with Gasteiger partial charge in [0.1, 0.15) is 11.9 Å². The molecule has 1 atom stereocenters. The van der Waals surface area contributed by atoms with Gasteiger partial charge >= 0.3 is 5.97 Å². The van der Waals surface area contributed by atoms with Crippen molar-refractivity contribution in [1.29, 1.82) is 0 Å². The minimum Gasteiger partial charge on any atom is -0.485 e. The first-order valence-electron chi connectivity index (χ1n) is 11.2. The molecule has 5 aromatic rings. The molecule has 5 heteroatoms. The molecule has 0 bridgehead atoms. The maximum Gasteiger partial charge on any atom is 0.336 e. The lowest BCUT2D eigenvalue weighted by atomic mass is 9.98. The summed E-state index contributed by atoms with van der Waals surface area (Å²) in [5.74, 6) is -0.456. The highest BCUT2D eigenvalue weighted by Crippen LogP contribution is 2.42. The molecule has 4 nitrogen and oxygen atoms in total. The Hall–Kier alpha value is -3.70. The third-order valence-corrected chi connectivity index (χ3v) is 7.62. The van der Waals surface area contributed by atoms with E-state index in [0.29, 0.717) is 27.9 Å². The van der Waals surface area contributed by atoms with Gasteiger partial charge in [0.2, 0.25) is 0 Å². The fourth-order valence-electron chi connectivity index (χ4n) is 4.46. The monoisotopic (exact) mass is 467 g/mol. The predicted molar refractivity (Wildman–Crippen MR) is 139 cm³/mol. The largest absolute Gasteiger partial charge is 0.485 e. The molecule has 0 radical (unpaired) electrons. The van der Waals surface area contributed by atoms with Gasteiger partial charge in [-0.3, -0.25) is 0 Å². The Kier molecular flexibility index (Phi) is 5.58. The summed E-state index contributed by atoms with van der Waals surface area (Å²) in [6, 6.07) is 21.9. The van der Waals surface area contributed by atoms with E-state index in [0.717, 1.165) is 20.7 Å². The molecule has 0 aliphatic rings. The highest BCUT2D eigenvalue weighted by Gasteiger charge is 2.24. The number of carboxylic acid groups (broad SMARTS) is 1. The van der Waals surface area contributed by atoms with Crippen LogP contribution in [0, 0.1) is 20.8 Å². The Bertz CT molecular complexity index is 1550. The zero-order chi connectivity index (χ0) is 24.0. The Labute approximate surface area is 202 Å². The second-order valence-electron chi connectivity index (χ2n) is 8.64. The summed E-state index contributed by atoms with van der Waals surface area (Å²) in [7, 11) is 0. The molecule has 3 aromatic carbocycles. The van der Waals surface area contributed by atoms with Crippen molar-refractivity contribution in [3.8, 4) is 16.3 Å². The number of rotatable bonds is 5. The molecule has 0 spiro atoms. The van der Waals surface area contributed by atoms with Crippen LogP contribution in [0.15, 0.2) is 66.7 Å². The quantitative estimate of drug-likeness (QED) is 0.286. The van der Waals surface area contributed by atoms with Crippen LogP contribution >= 0.6 is 11.3 Å². The predicted octanol–water partition coefficient (Wildman–Crippen LogP) is 7.88. The van der Waals surface area contributed by atoms with Crippen LogP contribution in [0.2, 0.25) is 0 Å². The molecule has 0 amide bonds. The van der Waals surface area contributed by atoms with Crippen molar-refractivity contribution in [3.05, 3.63) is 94.5 Å². The van der Waals surface area contributed by atoms with Gasteiger partial charge in [0.05, 0.1) is 27.0 Å². The topological polar surface area (TPSA) is 59.4 Å². The molecule has 0 fully saturated rings. The summed E-state index contributed by atoms with van der Waals surface area (Å²) in [6.45, 7) is 7.93. The number of aromatic nitrogens is 1. The molecule has 34 heavy (non-hydrogen) atoms. The van der Waals surface area contributed by atoms with Crippen LogP contribution in [0.25, 0.3) is 31.6 Å². The number of aryl methyl sites for hydroxylation is 2. The Balaban J connectivity index is 1.69. The maximum atomic E-state index is 12.5. The molecule has 5 rings (SSSR count). The number of ether oxygens (including phenoxy) is 1. The van der Waals surface area contributed by atoms with Gasteiger partial charge in [0, 0.05) is 4.70 Å². The van der Waals surface area contributed by atoms with Gasteiger partial charge in [0.15, 0.2) is 0 Å². The van der Waals surface area contributed by atoms with Gasteiger partial charge in [-0.25, -0.2) is 9.78 Å². The summed E-state index contributed by atoms with van der Waals surface area (Å²) in [5.41, 5.74) is 5.54. The van der Waals surface area contributed by atoms with Crippen molar-refractivity contribution in [3.63, 3.8) is 0 Å². The zero-order valence-electron chi connectivity index (χ0n) is 19.5. The number of hydrogen-bond donors (Lipinski definition) is 1. The number of hydrogen-bond acceptors (Lipinski definition) is 4. The van der Waals surface area contributed by atoms with Crippen LogP contribution in [0.3, 0.4) is 0 Å². The molecule has 2 aromatic heterocycles. The number of pyridine rings is 1. The Morgan fingerprint density at radius 3 is 2.38 bits per heavy atom. The number of benzene rings is 3. The van der Waals surface area contributed by atoms with E-state index in [1.54, 1.807) is 11.3 Å². The lowest BCUT2D eigenvalue weighted by Crippen LogP contribution is -2.08. The molecule has 2 heterocycles. The molecular formula is C29H25NO3S. The first kappa shape index (κ1) is 22.1. The van der Waals surface area contributed by atoms with Crippen LogP contribution in [-0.4, -0.2) is 16.1 Å². The number of aromatic carboxylic acids is 1. The number of fused-ring (bicyclic) bond motifs is 2. The molecular weight excluding hydrogens is 442 g/mol. The number of nitrogens with zero attached hydrogens (tertiary/aromatic N) is 1. The SMILES string of the molecule is Cc1ccc([C@@H](C)Oc2cccc3nc(-c4sc5ccccc5c4C)c(C)c(C(=O)O)c23)cc1. The summed E-state index contributed by atoms with van der Waals surface area (Å²) in [4.78, 5) is 18.5. The summed E-state index contributed by atoms with van der Waals surface area (Å²) in [5, 5.41) is 12.0. The van der Waals surface area contributed by atoms with E-state index in [-0.39, 0.29) is 11.7 Å². The van der Waals surface area contributed by atoms with E-state index in [1.165, 1.54) is 10.9 Å². The third-order valence-electron chi connectivity index (χ3n) is 6.34. The smallest absolute Gasteiger partial charge is 0.336 e. The van der Waals surface area contributed by atoms with Crippen LogP contribution in [0.4, 0.5) is 0 Å². The van der Waals surface area contributed by atoms with Crippen LogP contribution in [0.5, 0.6) is 5.75 Å². The summed E-state index contributed by atoms with van der Waals surface area (Å²) < 4.78 is 7.48. The van der Waals surface area contributed by atoms with Crippen LogP contribution < -0.4 is 4.74 Å². The van der Waals surface area contributed by atoms with Gasteiger partial charge in [-0.1, -0.05) is 54.1 Å². The van der Waals surface area contributed by atoms with E-state index >= 15 is 0 Å². The standard InChI is InChI=1S/C29H25NO3S/c1-16-12-14-20(15-13-16)19(4)33-23-10-7-9-22-26(23)25(29(31)32)18(3)27(30-22)28-17(2)21-8-5-6-11-24(21)34-28/h5-15,19H,1-4H3,(H,31,32)/t19-/m1/s1. The number of carbonyl (C=O) groups is 1. The van der Waals surface area contributed by atoms with Gasteiger partial charge in [-0.2, -0.15) is 0 Å². The molecule has 0 saturated carbocycles. The van der Waals surface area contributed by atoms with E-state index in [9.17, 15) is 9.90 Å². The molecule has 0 saturated heterocycles. The van der Waals surface area contributed by atoms with Crippen molar-refractivity contribution >= 4 is 38.3 Å². The minimum absolute atomic E-state index is 0.238. The van der Waals surface area contributed by atoms with Gasteiger partial charge in [0.25, 0.3) is 0 Å². The molecule has 0 unspecified atom stereocenters. The Morgan fingerprint density at radius 2 is 1.68 bits per heavy atom. The number of thiophene rings is 1. The van der Waals surface area contributed by atoms with Crippen molar-refractivity contribution in [1.82, 2.24) is 4.98 Å². The van der Waals surface area contributed by atoms with Gasteiger partial charge < -0.3 is 9.84 Å². The molecule has 0 aliphatic carbocycles. The first-order valence-corrected chi connectivity index (χ1v) is 12.0. The van der Waals surface area contributed by atoms with Crippen LogP contribution in [-0.2, 0) is 0 Å². The van der Waals surface area contributed by atoms with Crippen molar-refractivity contribution in [2.45, 2.75) is 33.8 Å². The van der Waals surface area contributed by atoms with E-state index in [4.69, 9.17) is 9.72 Å². The second kappa shape index (κ2) is 8.58. The lowest BCUT2D eigenvalue weighted by Gasteiger charge is -2.19. The average molecular weight is 468 g/mol. The van der Waals surface area contributed by atoms with E-state index in [2.05, 4.69) is 19.1 Å². The average Bonchev–Trinajstić information content (AvgIpc) is 3.15. The Morgan fingerprint density at radius 1 is 0.941 bits per heavy atom. The molecule has 0 aliphatic heterocycles. The second-order valence-corrected chi connectivity index (χ2v) is 9.69. The van der Waals surface area contributed by atoms with E-state index in [1.807, 2.05) is 75.4 Å². The lowest BCUT2D eigenvalue weighted by molar-refractivity contribution is 0.0697. The normalized spacial score (nSPS) is 12.2. The van der Waals surface area contributed by atoms with Crippen molar-refractivity contribution in [2.24, 2.45) is 0 Å². The first-order chi connectivity index (χ1) is 16.3. The molecule has 170 valence electrons. The van der Waals surface area contributed by atoms with Crippen molar-refractivity contribution < 1.29 is 14.6 Å². The summed E-state index contributed by atoms with van der Waals surface area (Å²) >= 11 is 1.65. The highest BCUT2D eigenvalue weighted by atomic mass is 32.1. The molecule has 1 N–H and O–H groups in total. The number of carboxylic acids is 1.